The molecule has 9 heteroatoms. The molecular formula is C18H16ClN3O3S2. The van der Waals surface area contributed by atoms with Crippen molar-refractivity contribution < 1.29 is 13.2 Å². The van der Waals surface area contributed by atoms with E-state index in [1.807, 2.05) is 23.6 Å². The van der Waals surface area contributed by atoms with Gasteiger partial charge in [0.05, 0.1) is 10.6 Å². The second kappa shape index (κ2) is 7.77. The topological polar surface area (TPSA) is 79.4 Å². The van der Waals surface area contributed by atoms with E-state index in [0.29, 0.717) is 21.4 Å². The molecule has 0 aliphatic heterocycles. The molecule has 0 saturated carbocycles. The molecule has 27 heavy (non-hydrogen) atoms. The fourth-order valence-electron chi connectivity index (χ4n) is 2.28. The van der Waals surface area contributed by atoms with Gasteiger partial charge >= 0.3 is 0 Å². The maximum absolute atomic E-state index is 12.4. The largest absolute Gasteiger partial charge is 0.298 e. The predicted octanol–water partition coefficient (Wildman–Crippen LogP) is 3.97. The van der Waals surface area contributed by atoms with Crippen molar-refractivity contribution in [3.8, 4) is 11.3 Å². The molecule has 2 aromatic carbocycles. The highest BCUT2D eigenvalue weighted by Gasteiger charge is 2.18. The van der Waals surface area contributed by atoms with Crippen LogP contribution in [0.5, 0.6) is 0 Å². The second-order valence-corrected chi connectivity index (χ2v) is 9.20. The minimum absolute atomic E-state index is 0.124. The van der Waals surface area contributed by atoms with Crippen molar-refractivity contribution in [3.05, 3.63) is 64.5 Å². The first-order valence-corrected chi connectivity index (χ1v) is 10.5. The molecule has 0 spiro atoms. The van der Waals surface area contributed by atoms with Crippen molar-refractivity contribution in [2.75, 3.05) is 19.4 Å². The molecule has 0 bridgehead atoms. The van der Waals surface area contributed by atoms with Crippen LogP contribution in [0.1, 0.15) is 10.4 Å². The molecule has 0 atom stereocenters. The first kappa shape index (κ1) is 19.5. The summed E-state index contributed by atoms with van der Waals surface area (Å²) in [4.78, 5) is 16.9. The van der Waals surface area contributed by atoms with Crippen LogP contribution in [0.15, 0.2) is 58.8 Å². The van der Waals surface area contributed by atoms with Crippen molar-refractivity contribution >= 4 is 44.0 Å². The molecule has 1 N–H and O–H groups in total. The third kappa shape index (κ3) is 4.19. The normalized spacial score (nSPS) is 11.6. The summed E-state index contributed by atoms with van der Waals surface area (Å²) in [6, 6.07) is 13.1. The number of amides is 1. The van der Waals surface area contributed by atoms with Gasteiger partial charge in [0.25, 0.3) is 5.91 Å². The van der Waals surface area contributed by atoms with Crippen molar-refractivity contribution in [1.82, 2.24) is 9.29 Å². The number of nitrogens with one attached hydrogen (secondary N) is 1. The quantitative estimate of drug-likeness (QED) is 0.676. The fourth-order valence-corrected chi connectivity index (χ4v) is 4.12. The number of halogens is 1. The van der Waals surface area contributed by atoms with Gasteiger partial charge in [-0.15, -0.1) is 11.3 Å². The van der Waals surface area contributed by atoms with E-state index >= 15 is 0 Å². The molecule has 0 aliphatic carbocycles. The number of rotatable bonds is 5. The Morgan fingerprint density at radius 2 is 1.78 bits per heavy atom. The smallest absolute Gasteiger partial charge is 0.257 e. The summed E-state index contributed by atoms with van der Waals surface area (Å²) in [5.74, 6) is -0.371. The molecule has 1 amide bonds. The van der Waals surface area contributed by atoms with Crippen molar-refractivity contribution in [1.29, 1.82) is 0 Å². The van der Waals surface area contributed by atoms with Gasteiger partial charge in [0.15, 0.2) is 5.13 Å². The number of nitrogens with zero attached hydrogens (tertiary/aromatic N) is 2. The van der Waals surface area contributed by atoms with E-state index < -0.39 is 10.0 Å². The van der Waals surface area contributed by atoms with E-state index in [-0.39, 0.29) is 10.8 Å². The lowest BCUT2D eigenvalue weighted by molar-refractivity contribution is 0.102. The number of aromatic nitrogens is 1. The van der Waals surface area contributed by atoms with E-state index in [9.17, 15) is 13.2 Å². The maximum Gasteiger partial charge on any atom is 0.257 e. The molecule has 0 aliphatic rings. The monoisotopic (exact) mass is 421 g/mol. The Morgan fingerprint density at radius 3 is 2.41 bits per heavy atom. The number of carbonyl (C=O) groups excluding carboxylic acids is 1. The summed E-state index contributed by atoms with van der Waals surface area (Å²) in [5, 5.41) is 5.54. The predicted molar refractivity (Wildman–Crippen MR) is 108 cm³/mol. The lowest BCUT2D eigenvalue weighted by Gasteiger charge is -2.11. The van der Waals surface area contributed by atoms with Crippen LogP contribution in [0.3, 0.4) is 0 Å². The molecule has 1 aromatic heterocycles. The Hall–Kier alpha value is -2.26. The molecule has 0 radical (unpaired) electrons. The summed E-state index contributed by atoms with van der Waals surface area (Å²) in [5.41, 5.74) is 1.80. The molecular weight excluding hydrogens is 406 g/mol. The summed E-state index contributed by atoms with van der Waals surface area (Å²) in [7, 11) is -0.624. The number of sulfonamides is 1. The Bertz CT molecular complexity index is 1080. The highest BCUT2D eigenvalue weighted by atomic mass is 35.5. The average molecular weight is 422 g/mol. The van der Waals surface area contributed by atoms with Gasteiger partial charge in [-0.3, -0.25) is 10.1 Å². The summed E-state index contributed by atoms with van der Waals surface area (Å²) >= 11 is 7.45. The molecule has 3 aromatic rings. The van der Waals surface area contributed by atoms with Crippen LogP contribution in [0.4, 0.5) is 5.13 Å². The highest BCUT2D eigenvalue weighted by molar-refractivity contribution is 7.89. The van der Waals surface area contributed by atoms with Crippen LogP contribution in [-0.4, -0.2) is 37.7 Å². The van der Waals surface area contributed by atoms with Gasteiger partial charge < -0.3 is 0 Å². The number of benzene rings is 2. The van der Waals surface area contributed by atoms with Gasteiger partial charge in [-0.05, 0) is 30.3 Å². The van der Waals surface area contributed by atoms with E-state index in [1.165, 1.54) is 49.7 Å². The van der Waals surface area contributed by atoms with E-state index in [1.54, 1.807) is 6.07 Å². The summed E-state index contributed by atoms with van der Waals surface area (Å²) in [6.45, 7) is 0. The third-order valence-electron chi connectivity index (χ3n) is 3.77. The van der Waals surface area contributed by atoms with Crippen LogP contribution >= 0.6 is 22.9 Å². The zero-order valence-electron chi connectivity index (χ0n) is 14.5. The van der Waals surface area contributed by atoms with Crippen LogP contribution in [-0.2, 0) is 10.0 Å². The first-order chi connectivity index (χ1) is 12.8. The zero-order valence-corrected chi connectivity index (χ0v) is 16.9. The lowest BCUT2D eigenvalue weighted by atomic mass is 10.2. The van der Waals surface area contributed by atoms with Crippen LogP contribution in [0.25, 0.3) is 11.3 Å². The SMILES string of the molecule is CN(C)S(=O)(=O)c1ccc(C(=O)Nc2nc(-c3ccccc3Cl)cs2)cc1. The molecule has 1 heterocycles. The maximum atomic E-state index is 12.4. The van der Waals surface area contributed by atoms with Crippen molar-refractivity contribution in [2.24, 2.45) is 0 Å². The van der Waals surface area contributed by atoms with E-state index in [0.717, 1.165) is 9.87 Å². The Morgan fingerprint density at radius 1 is 1.11 bits per heavy atom. The highest BCUT2D eigenvalue weighted by Crippen LogP contribution is 2.30. The molecule has 3 rings (SSSR count). The Labute approximate surface area is 166 Å². The number of thiazole rings is 1. The number of hydrogen-bond donors (Lipinski definition) is 1. The number of hydrogen-bond acceptors (Lipinski definition) is 5. The first-order valence-electron chi connectivity index (χ1n) is 7.83. The van der Waals surface area contributed by atoms with Gasteiger partial charge in [0.2, 0.25) is 10.0 Å². The van der Waals surface area contributed by atoms with Gasteiger partial charge in [0.1, 0.15) is 0 Å². The van der Waals surface area contributed by atoms with Gasteiger partial charge in [0, 0.05) is 35.6 Å². The van der Waals surface area contributed by atoms with E-state index in [4.69, 9.17) is 11.6 Å². The molecule has 0 saturated heterocycles. The lowest BCUT2D eigenvalue weighted by Crippen LogP contribution is -2.22. The van der Waals surface area contributed by atoms with Gasteiger partial charge in [-0.25, -0.2) is 17.7 Å². The number of carbonyl (C=O) groups is 1. The van der Waals surface area contributed by atoms with E-state index in [2.05, 4.69) is 10.3 Å². The minimum Gasteiger partial charge on any atom is -0.298 e. The number of anilines is 1. The minimum atomic E-state index is -3.53. The molecule has 6 nitrogen and oxygen atoms in total. The third-order valence-corrected chi connectivity index (χ3v) is 6.69. The molecule has 140 valence electrons. The second-order valence-electron chi connectivity index (χ2n) is 5.78. The van der Waals surface area contributed by atoms with Crippen LogP contribution in [0.2, 0.25) is 5.02 Å². The zero-order chi connectivity index (χ0) is 19.6. The Balaban J connectivity index is 1.76. The van der Waals surface area contributed by atoms with Gasteiger partial charge in [-0.2, -0.15) is 0 Å². The standard InChI is InChI=1S/C18H16ClN3O3S2/c1-22(2)27(24,25)13-9-7-12(8-10-13)17(23)21-18-20-16(11-26-18)14-5-3-4-6-15(14)19/h3-11H,1-2H3,(H,20,21,23). The van der Waals surface area contributed by atoms with Crippen molar-refractivity contribution in [3.63, 3.8) is 0 Å². The van der Waals surface area contributed by atoms with Crippen LogP contribution in [0, 0.1) is 0 Å². The average Bonchev–Trinajstić information content (AvgIpc) is 3.10. The Kier molecular flexibility index (Phi) is 5.61. The molecule has 0 fully saturated rings. The fraction of sp³-hybridized carbons (Fsp3) is 0.111. The summed E-state index contributed by atoms with van der Waals surface area (Å²) in [6.07, 6.45) is 0. The van der Waals surface area contributed by atoms with Gasteiger partial charge in [-0.1, -0.05) is 29.8 Å². The van der Waals surface area contributed by atoms with Crippen molar-refractivity contribution in [2.45, 2.75) is 4.90 Å². The van der Waals surface area contributed by atoms with Crippen LogP contribution < -0.4 is 5.32 Å². The molecule has 0 unspecified atom stereocenters. The summed E-state index contributed by atoms with van der Waals surface area (Å²) < 4.78 is 25.3.